The van der Waals surface area contributed by atoms with Crippen molar-refractivity contribution in [3.05, 3.63) is 10.6 Å². The van der Waals surface area contributed by atoms with Crippen LogP contribution in [0.1, 0.15) is 23.4 Å². The van der Waals surface area contributed by atoms with Gasteiger partial charge in [0.05, 0.1) is 5.69 Å². The molecule has 0 unspecified atom stereocenters. The average Bonchev–Trinajstić information content (AvgIpc) is 2.84. The molecule has 4 nitrogen and oxygen atoms in total. The summed E-state index contributed by atoms with van der Waals surface area (Å²) in [5, 5.41) is 1.26. The van der Waals surface area contributed by atoms with Crippen LogP contribution >= 0.6 is 11.3 Å². The largest absolute Gasteiger partial charge is 0.346 e. The Hall–Kier alpha value is -0.650. The van der Waals surface area contributed by atoms with E-state index in [9.17, 15) is 0 Å². The second kappa shape index (κ2) is 5.55. The van der Waals surface area contributed by atoms with Crippen LogP contribution in [0, 0.1) is 0 Å². The maximum atomic E-state index is 5.61. The third kappa shape index (κ3) is 2.53. The van der Waals surface area contributed by atoms with Crippen molar-refractivity contribution in [3.8, 4) is 0 Å². The van der Waals surface area contributed by atoms with E-state index in [4.69, 9.17) is 10.7 Å². The van der Waals surface area contributed by atoms with Crippen molar-refractivity contribution in [2.75, 3.05) is 44.2 Å². The van der Waals surface area contributed by atoms with Crippen molar-refractivity contribution < 1.29 is 0 Å². The number of anilines is 1. The highest BCUT2D eigenvalue weighted by Gasteiger charge is 2.22. The molecule has 0 saturated carbocycles. The maximum Gasteiger partial charge on any atom is 0.185 e. The molecule has 1 fully saturated rings. The number of fused-ring (bicyclic) bond motifs is 1. The average molecular weight is 266 g/mol. The number of piperazine rings is 1. The zero-order valence-electron chi connectivity index (χ0n) is 10.9. The van der Waals surface area contributed by atoms with Crippen LogP contribution in [-0.2, 0) is 12.8 Å². The highest BCUT2D eigenvalue weighted by molar-refractivity contribution is 7.15. The van der Waals surface area contributed by atoms with Gasteiger partial charge in [-0.2, -0.15) is 0 Å². The first kappa shape index (κ1) is 12.4. The van der Waals surface area contributed by atoms with Crippen molar-refractivity contribution in [3.63, 3.8) is 0 Å². The summed E-state index contributed by atoms with van der Waals surface area (Å²) in [5.41, 5.74) is 6.99. The van der Waals surface area contributed by atoms with Crippen LogP contribution in [0.2, 0.25) is 0 Å². The van der Waals surface area contributed by atoms with Gasteiger partial charge >= 0.3 is 0 Å². The molecule has 0 amide bonds. The highest BCUT2D eigenvalue weighted by atomic mass is 32.1. The number of nitrogens with zero attached hydrogens (tertiary/aromatic N) is 3. The molecular formula is C13H22N4S. The van der Waals surface area contributed by atoms with E-state index in [1.165, 1.54) is 36.5 Å². The third-order valence-corrected chi connectivity index (χ3v) is 5.14. The lowest BCUT2D eigenvalue weighted by Crippen LogP contribution is -2.47. The van der Waals surface area contributed by atoms with Crippen molar-refractivity contribution in [2.45, 2.75) is 25.7 Å². The van der Waals surface area contributed by atoms with E-state index < -0.39 is 0 Å². The molecule has 0 bridgehead atoms. The Morgan fingerprint density at radius 3 is 2.61 bits per heavy atom. The fourth-order valence-corrected chi connectivity index (χ4v) is 4.02. The summed E-state index contributed by atoms with van der Waals surface area (Å²) in [6.45, 7) is 6.26. The zero-order chi connectivity index (χ0) is 12.4. The van der Waals surface area contributed by atoms with Crippen LogP contribution in [0.25, 0.3) is 0 Å². The van der Waals surface area contributed by atoms with E-state index in [0.29, 0.717) is 0 Å². The molecule has 18 heavy (non-hydrogen) atoms. The lowest BCUT2D eigenvalue weighted by Gasteiger charge is -2.34. The van der Waals surface area contributed by atoms with Crippen LogP contribution in [0.15, 0.2) is 0 Å². The molecule has 0 spiro atoms. The molecule has 1 aromatic rings. The molecule has 3 rings (SSSR count). The van der Waals surface area contributed by atoms with Gasteiger partial charge in [-0.25, -0.2) is 4.98 Å². The number of thiazole rings is 1. The lowest BCUT2D eigenvalue weighted by atomic mass is 10.0. The molecule has 100 valence electrons. The Morgan fingerprint density at radius 1 is 1.11 bits per heavy atom. The smallest absolute Gasteiger partial charge is 0.185 e. The van der Waals surface area contributed by atoms with Gasteiger partial charge < -0.3 is 10.6 Å². The van der Waals surface area contributed by atoms with E-state index in [-0.39, 0.29) is 0 Å². The number of hydrogen-bond acceptors (Lipinski definition) is 5. The third-order valence-electron chi connectivity index (χ3n) is 3.92. The number of aromatic nitrogens is 1. The summed E-state index contributed by atoms with van der Waals surface area (Å²) in [7, 11) is 0. The van der Waals surface area contributed by atoms with Crippen LogP contribution in [0.5, 0.6) is 0 Å². The normalized spacial score (nSPS) is 21.1. The molecule has 1 aliphatic heterocycles. The summed E-state index contributed by atoms with van der Waals surface area (Å²) in [5.74, 6) is 0. The Morgan fingerprint density at radius 2 is 1.89 bits per heavy atom. The van der Waals surface area contributed by atoms with Crippen LogP contribution in [0.3, 0.4) is 0 Å². The van der Waals surface area contributed by atoms with Crippen molar-refractivity contribution >= 4 is 16.5 Å². The number of aryl methyl sites for hydroxylation is 2. The molecule has 2 aliphatic rings. The lowest BCUT2D eigenvalue weighted by molar-refractivity contribution is 0.265. The fourth-order valence-electron chi connectivity index (χ4n) is 2.82. The molecule has 1 aromatic heterocycles. The molecule has 5 heteroatoms. The van der Waals surface area contributed by atoms with Crippen LogP contribution in [-0.4, -0.2) is 49.2 Å². The van der Waals surface area contributed by atoms with Gasteiger partial charge in [0.25, 0.3) is 0 Å². The van der Waals surface area contributed by atoms with Gasteiger partial charge in [0.1, 0.15) is 0 Å². The summed E-state index contributed by atoms with van der Waals surface area (Å²) in [4.78, 5) is 11.3. The monoisotopic (exact) mass is 266 g/mol. The van der Waals surface area contributed by atoms with E-state index in [2.05, 4.69) is 9.80 Å². The summed E-state index contributed by atoms with van der Waals surface area (Å²) in [6, 6.07) is 0. The molecule has 0 radical (unpaired) electrons. The van der Waals surface area contributed by atoms with Gasteiger partial charge in [-0.1, -0.05) is 0 Å². The SMILES string of the molecule is NCCN1CCN(c2nc3c(s2)CCCC3)CC1. The minimum atomic E-state index is 0.769. The number of hydrogen-bond donors (Lipinski definition) is 1. The van der Waals surface area contributed by atoms with Gasteiger partial charge in [-0.05, 0) is 25.7 Å². The Balaban J connectivity index is 1.64. The van der Waals surface area contributed by atoms with Gasteiger partial charge in [-0.15, -0.1) is 11.3 Å². The molecule has 1 saturated heterocycles. The molecular weight excluding hydrogens is 244 g/mol. The van der Waals surface area contributed by atoms with E-state index >= 15 is 0 Å². The van der Waals surface area contributed by atoms with Gasteiger partial charge in [0, 0.05) is 44.1 Å². The van der Waals surface area contributed by atoms with E-state index in [0.717, 1.165) is 39.3 Å². The maximum absolute atomic E-state index is 5.61. The van der Waals surface area contributed by atoms with Gasteiger partial charge in [0.15, 0.2) is 5.13 Å². The number of nitrogens with two attached hydrogens (primary N) is 1. The Kier molecular flexibility index (Phi) is 3.82. The first-order valence-corrected chi connectivity index (χ1v) is 7.84. The van der Waals surface area contributed by atoms with Crippen molar-refractivity contribution in [1.82, 2.24) is 9.88 Å². The van der Waals surface area contributed by atoms with Gasteiger partial charge in [0.2, 0.25) is 0 Å². The second-order valence-corrected chi connectivity index (χ2v) is 6.25. The van der Waals surface area contributed by atoms with Crippen LogP contribution < -0.4 is 10.6 Å². The molecule has 1 aliphatic carbocycles. The minimum Gasteiger partial charge on any atom is -0.346 e. The molecule has 2 N–H and O–H groups in total. The quantitative estimate of drug-likeness (QED) is 0.890. The van der Waals surface area contributed by atoms with E-state index in [1.807, 2.05) is 11.3 Å². The molecule has 2 heterocycles. The highest BCUT2D eigenvalue weighted by Crippen LogP contribution is 2.32. The molecule has 0 aromatic carbocycles. The van der Waals surface area contributed by atoms with Gasteiger partial charge in [-0.3, -0.25) is 4.90 Å². The second-order valence-electron chi connectivity index (χ2n) is 5.19. The number of rotatable bonds is 3. The van der Waals surface area contributed by atoms with E-state index in [1.54, 1.807) is 4.88 Å². The predicted octanol–water partition coefficient (Wildman–Crippen LogP) is 1.10. The standard InChI is InChI=1S/C13H22N4S/c14-5-6-16-7-9-17(10-8-16)13-15-11-3-1-2-4-12(11)18-13/h1-10,14H2. The zero-order valence-corrected chi connectivity index (χ0v) is 11.7. The summed E-state index contributed by atoms with van der Waals surface area (Å²) >= 11 is 1.93. The Bertz CT molecular complexity index is 372. The fraction of sp³-hybridized carbons (Fsp3) is 0.769. The first-order chi connectivity index (χ1) is 8.86. The predicted molar refractivity (Wildman–Crippen MR) is 76.5 cm³/mol. The summed E-state index contributed by atoms with van der Waals surface area (Å²) < 4.78 is 0. The van der Waals surface area contributed by atoms with Crippen molar-refractivity contribution in [1.29, 1.82) is 0 Å². The topological polar surface area (TPSA) is 45.4 Å². The minimum absolute atomic E-state index is 0.769. The Labute approximate surface area is 113 Å². The molecule has 0 atom stereocenters. The summed E-state index contributed by atoms with van der Waals surface area (Å²) in [6.07, 6.45) is 5.11. The van der Waals surface area contributed by atoms with Crippen molar-refractivity contribution in [2.24, 2.45) is 5.73 Å². The van der Waals surface area contributed by atoms with Crippen LogP contribution in [0.4, 0.5) is 5.13 Å². The first-order valence-electron chi connectivity index (χ1n) is 7.03.